The molecule has 0 aliphatic heterocycles. The molecule has 149 valence electrons. The van der Waals surface area contributed by atoms with Gasteiger partial charge >= 0.3 is 0 Å². The first-order chi connectivity index (χ1) is 13.5. The van der Waals surface area contributed by atoms with Crippen LogP contribution in [-0.2, 0) is 0 Å². The first-order valence-corrected chi connectivity index (χ1v) is 7.33. The van der Waals surface area contributed by atoms with Crippen molar-refractivity contribution in [3.63, 3.8) is 0 Å². The molecular weight excluding hydrogens is 425 g/mol. The Bertz CT molecular complexity index is 1410. The largest absolute Gasteiger partial charge is 0.205 e. The summed E-state index contributed by atoms with van der Waals surface area (Å²) in [6.07, 6.45) is 0. The fourth-order valence-electron chi connectivity index (χ4n) is 3.09. The summed E-state index contributed by atoms with van der Waals surface area (Å²) in [5.41, 5.74) is 0. The van der Waals surface area contributed by atoms with Gasteiger partial charge in [0.25, 0.3) is 0 Å². The van der Waals surface area contributed by atoms with Gasteiger partial charge in [-0.05, 0) is 0 Å². The van der Waals surface area contributed by atoms with Crippen molar-refractivity contribution in [2.75, 3.05) is 0 Å². The van der Waals surface area contributed by atoms with E-state index in [1.807, 2.05) is 0 Å². The monoisotopic (exact) mass is 425 g/mol. The molecule has 0 heterocycles. The van der Waals surface area contributed by atoms with Crippen molar-refractivity contribution in [2.24, 2.45) is 0 Å². The summed E-state index contributed by atoms with van der Waals surface area (Å²) < 4.78 is 154. The molecule has 0 amide bonds. The normalized spacial score (nSPS) is 12.0. The number of fused-ring (bicyclic) bond motifs is 3. The molecule has 0 nitrogen and oxygen atoms in total. The topological polar surface area (TPSA) is 0 Å². The van der Waals surface area contributed by atoms with Gasteiger partial charge in [0.15, 0.2) is 40.7 Å². The van der Waals surface area contributed by atoms with Crippen molar-refractivity contribution >= 4 is 32.3 Å². The van der Waals surface area contributed by atoms with Gasteiger partial charge in [-0.25, -0.2) is 48.3 Å². The Labute approximate surface area is 151 Å². The van der Waals surface area contributed by atoms with Crippen molar-refractivity contribution in [1.82, 2.24) is 0 Å². The Morgan fingerprint density at radius 2 is 0.655 bits per heavy atom. The van der Waals surface area contributed by atoms with Crippen LogP contribution in [0, 0.1) is 70.1 Å². The van der Waals surface area contributed by atoms with Crippen LogP contribution in [0.4, 0.5) is 48.3 Å². The molecule has 0 aromatic heterocycles. The average molecular weight is 425 g/mol. The van der Waals surface area contributed by atoms with Crippen LogP contribution in [0.5, 0.6) is 0 Å². The summed E-state index contributed by atoms with van der Waals surface area (Å²) in [5, 5.41) is -10.7. The molecule has 4 rings (SSSR count). The summed E-state index contributed by atoms with van der Waals surface area (Å²) in [5.74, 6) is -25.9. The molecule has 0 saturated carbocycles. The van der Waals surface area contributed by atoms with Crippen LogP contribution in [0.3, 0.4) is 0 Å². The van der Waals surface area contributed by atoms with E-state index in [4.69, 9.17) is 0 Å². The summed E-state index contributed by atoms with van der Waals surface area (Å²) in [6, 6.07) is 1.25. The average Bonchev–Trinajstić information content (AvgIpc) is 2.67. The minimum atomic E-state index is -2.58. The minimum absolute atomic E-state index is 1.25. The van der Waals surface area contributed by atoms with Gasteiger partial charge in [-0.1, -0.05) is 0 Å². The van der Waals surface area contributed by atoms with Crippen molar-refractivity contribution in [3.05, 3.63) is 70.1 Å². The number of hydrogen-bond donors (Lipinski definition) is 0. The zero-order valence-corrected chi connectivity index (χ0v) is 13.2. The lowest BCUT2D eigenvalue weighted by Crippen LogP contribution is -2.06. The Kier molecular flexibility index (Phi) is 3.94. The molecule has 0 unspecified atom stereocenters. The molecule has 0 atom stereocenters. The zero-order chi connectivity index (χ0) is 21.5. The van der Waals surface area contributed by atoms with Crippen molar-refractivity contribution in [1.29, 1.82) is 0 Å². The molecule has 4 aromatic carbocycles. The fraction of sp³-hybridized carbons (Fsp3) is 0. The highest BCUT2D eigenvalue weighted by Crippen LogP contribution is 2.41. The predicted molar refractivity (Wildman–Crippen MR) is 77.3 cm³/mol. The van der Waals surface area contributed by atoms with E-state index in [2.05, 4.69) is 0 Å². The van der Waals surface area contributed by atoms with E-state index < -0.39 is 96.3 Å². The summed E-state index contributed by atoms with van der Waals surface area (Å²) in [6.45, 7) is 0. The SMILES string of the molecule is Fc1[c]c2c(F)c3c(F)c4c(F)c(F)c(F)c(F)c4c(F)c3c(F)c2c(F)c1F. The van der Waals surface area contributed by atoms with E-state index in [1.165, 1.54) is 6.07 Å². The molecule has 0 fully saturated rings. The highest BCUT2D eigenvalue weighted by Gasteiger charge is 2.32. The third-order valence-electron chi connectivity index (χ3n) is 4.36. The van der Waals surface area contributed by atoms with Crippen LogP contribution < -0.4 is 0 Å². The molecule has 1 radical (unpaired) electrons. The maximum Gasteiger partial charge on any atom is 0.198 e. The zero-order valence-electron chi connectivity index (χ0n) is 13.2. The highest BCUT2D eigenvalue weighted by atomic mass is 19.2. The second-order valence-electron chi connectivity index (χ2n) is 5.83. The van der Waals surface area contributed by atoms with Crippen LogP contribution in [-0.4, -0.2) is 0 Å². The van der Waals surface area contributed by atoms with Gasteiger partial charge in [0, 0.05) is 11.5 Å². The lowest BCUT2D eigenvalue weighted by Gasteiger charge is -2.14. The number of benzene rings is 4. The van der Waals surface area contributed by atoms with Crippen LogP contribution >= 0.6 is 0 Å². The molecule has 11 heteroatoms. The number of hydrogen-bond acceptors (Lipinski definition) is 0. The van der Waals surface area contributed by atoms with Crippen molar-refractivity contribution < 1.29 is 48.3 Å². The van der Waals surface area contributed by atoms with Crippen LogP contribution in [0.1, 0.15) is 0 Å². The second-order valence-corrected chi connectivity index (χ2v) is 5.83. The van der Waals surface area contributed by atoms with E-state index >= 15 is 0 Å². The van der Waals surface area contributed by atoms with Crippen LogP contribution in [0.25, 0.3) is 32.3 Å². The Hall–Kier alpha value is -3.11. The summed E-state index contributed by atoms with van der Waals surface area (Å²) >= 11 is 0. The van der Waals surface area contributed by atoms with Gasteiger partial charge in [-0.3, -0.25) is 0 Å². The van der Waals surface area contributed by atoms with Gasteiger partial charge in [0.05, 0.1) is 26.9 Å². The van der Waals surface area contributed by atoms with E-state index in [0.29, 0.717) is 0 Å². The molecular formula is C18F11. The lowest BCUT2D eigenvalue weighted by molar-refractivity contribution is 0.415. The first-order valence-electron chi connectivity index (χ1n) is 7.33. The van der Waals surface area contributed by atoms with E-state index in [9.17, 15) is 48.3 Å². The van der Waals surface area contributed by atoms with Gasteiger partial charge in [0.2, 0.25) is 0 Å². The standard InChI is InChI=1S/C18F11/c19-3-1-2-4(14(25)10(3)21)11(22)6-5(9(2)20)12(23)7-8(13(6)24)16(27)18(29)17(28)15(7)26. The number of rotatable bonds is 0. The lowest BCUT2D eigenvalue weighted by atomic mass is 9.95. The Morgan fingerprint density at radius 3 is 1.14 bits per heavy atom. The molecule has 0 saturated heterocycles. The molecule has 4 aromatic rings. The summed E-state index contributed by atoms with van der Waals surface area (Å²) in [4.78, 5) is 0. The van der Waals surface area contributed by atoms with E-state index in [0.717, 1.165) is 0 Å². The Balaban J connectivity index is 2.46. The van der Waals surface area contributed by atoms with E-state index in [-0.39, 0.29) is 0 Å². The van der Waals surface area contributed by atoms with Crippen molar-refractivity contribution in [2.45, 2.75) is 0 Å². The molecule has 0 spiro atoms. The minimum Gasteiger partial charge on any atom is -0.205 e. The maximum absolute atomic E-state index is 14.7. The number of halogens is 11. The van der Waals surface area contributed by atoms with Crippen LogP contribution in [0.15, 0.2) is 0 Å². The molecule has 0 N–H and O–H groups in total. The molecule has 0 bridgehead atoms. The third-order valence-corrected chi connectivity index (χ3v) is 4.36. The van der Waals surface area contributed by atoms with Gasteiger partial charge in [0.1, 0.15) is 23.3 Å². The first kappa shape index (κ1) is 19.2. The predicted octanol–water partition coefficient (Wildman–Crippen LogP) is 6.48. The van der Waals surface area contributed by atoms with Crippen molar-refractivity contribution in [3.8, 4) is 0 Å². The van der Waals surface area contributed by atoms with E-state index in [1.54, 1.807) is 0 Å². The van der Waals surface area contributed by atoms with Gasteiger partial charge < -0.3 is 0 Å². The van der Waals surface area contributed by atoms with Crippen LogP contribution in [0.2, 0.25) is 0 Å². The third kappa shape index (κ3) is 2.21. The molecule has 0 aliphatic carbocycles. The van der Waals surface area contributed by atoms with Gasteiger partial charge in [-0.2, -0.15) is 0 Å². The smallest absolute Gasteiger partial charge is 0.198 e. The van der Waals surface area contributed by atoms with Gasteiger partial charge in [-0.15, -0.1) is 0 Å². The Morgan fingerprint density at radius 1 is 0.310 bits per heavy atom. The molecule has 29 heavy (non-hydrogen) atoms. The second kappa shape index (κ2) is 5.94. The maximum atomic E-state index is 14.7. The quantitative estimate of drug-likeness (QED) is 0.131. The summed E-state index contributed by atoms with van der Waals surface area (Å²) in [7, 11) is 0. The fourth-order valence-corrected chi connectivity index (χ4v) is 3.09. The highest BCUT2D eigenvalue weighted by molar-refractivity contribution is 6.07. The molecule has 0 aliphatic rings.